The summed E-state index contributed by atoms with van der Waals surface area (Å²) in [6.45, 7) is 3.93. The number of rotatable bonds is 7. The number of benzene rings is 3. The van der Waals surface area contributed by atoms with E-state index < -0.39 is 0 Å². The molecule has 0 aliphatic heterocycles. The first kappa shape index (κ1) is 23.9. The molecule has 1 heterocycles. The quantitative estimate of drug-likeness (QED) is 0.277. The number of amides is 1. The molecule has 1 N–H and O–H groups in total. The van der Waals surface area contributed by atoms with Gasteiger partial charge >= 0.3 is 0 Å². The zero-order chi connectivity index (χ0) is 24.9. The van der Waals surface area contributed by atoms with Crippen molar-refractivity contribution in [2.75, 3.05) is 0 Å². The average molecular weight is 479 g/mol. The van der Waals surface area contributed by atoms with Crippen molar-refractivity contribution >= 4 is 16.8 Å². The lowest BCUT2D eigenvalue weighted by Crippen LogP contribution is -2.41. The van der Waals surface area contributed by atoms with E-state index in [1.54, 1.807) is 12.1 Å². The second kappa shape index (κ2) is 10.9. The van der Waals surface area contributed by atoms with Gasteiger partial charge in [0.2, 0.25) is 0 Å². The minimum Gasteiger partial charge on any atom is -0.349 e. The molecule has 4 aromatic rings. The van der Waals surface area contributed by atoms with Crippen LogP contribution in [-0.4, -0.2) is 16.9 Å². The summed E-state index contributed by atoms with van der Waals surface area (Å²) in [6.07, 6.45) is 8.50. The summed E-state index contributed by atoms with van der Waals surface area (Å²) in [5.41, 5.74) is 4.92. The molecule has 1 saturated carbocycles. The Bertz CT molecular complexity index is 1340. The number of aromatic nitrogens is 1. The van der Waals surface area contributed by atoms with Crippen LogP contribution in [0.5, 0.6) is 0 Å². The van der Waals surface area contributed by atoms with Crippen LogP contribution in [0, 0.1) is 11.7 Å². The molecule has 0 saturated heterocycles. The van der Waals surface area contributed by atoms with Crippen LogP contribution in [0.25, 0.3) is 22.0 Å². The molecule has 1 fully saturated rings. The molecule has 5 rings (SSSR count). The molecule has 182 valence electrons. The van der Waals surface area contributed by atoms with Gasteiger partial charge < -0.3 is 5.32 Å². The molecule has 0 unspecified atom stereocenters. The maximum absolute atomic E-state index is 13.9. The van der Waals surface area contributed by atoms with E-state index in [0.717, 1.165) is 54.1 Å². The molecule has 1 aliphatic rings. The van der Waals surface area contributed by atoms with Crippen LogP contribution in [-0.2, 0) is 0 Å². The van der Waals surface area contributed by atoms with Gasteiger partial charge in [-0.3, -0.25) is 9.78 Å². The Balaban J connectivity index is 1.25. The SMILES string of the molecule is C=CC[C@@H](NC(=O)c1ccc(-c2ccccc2)cc1)C1CCC(c2ccnc3ccc(F)cc23)CC1. The summed E-state index contributed by atoms with van der Waals surface area (Å²) < 4.78 is 13.9. The largest absolute Gasteiger partial charge is 0.349 e. The molecule has 1 atom stereocenters. The lowest BCUT2D eigenvalue weighted by atomic mass is 9.74. The van der Waals surface area contributed by atoms with Crippen molar-refractivity contribution in [3.8, 4) is 11.1 Å². The predicted molar refractivity (Wildman–Crippen MR) is 144 cm³/mol. The highest BCUT2D eigenvalue weighted by atomic mass is 19.1. The van der Waals surface area contributed by atoms with Gasteiger partial charge in [0.15, 0.2) is 0 Å². The normalized spacial score (nSPS) is 18.5. The molecule has 1 amide bonds. The highest BCUT2D eigenvalue weighted by Crippen LogP contribution is 2.40. The number of carbonyl (C=O) groups excluding carboxylic acids is 1. The van der Waals surface area contributed by atoms with Crippen molar-refractivity contribution < 1.29 is 9.18 Å². The predicted octanol–water partition coefficient (Wildman–Crippen LogP) is 7.69. The molecule has 3 nitrogen and oxygen atoms in total. The van der Waals surface area contributed by atoms with E-state index >= 15 is 0 Å². The second-order valence-electron chi connectivity index (χ2n) is 9.72. The topological polar surface area (TPSA) is 42.0 Å². The number of halogens is 1. The van der Waals surface area contributed by atoms with Gasteiger partial charge in [-0.05, 0) is 97.0 Å². The molecule has 4 heteroatoms. The molecular weight excluding hydrogens is 447 g/mol. The van der Waals surface area contributed by atoms with Gasteiger partial charge in [-0.1, -0.05) is 48.5 Å². The standard InChI is InChI=1S/C32H31FN2O/c1-2-6-30(35-32(36)26-15-9-23(10-16-26)22-7-4-3-5-8-22)25-13-11-24(12-14-25)28-19-20-34-31-18-17-27(33)21-29(28)31/h2-5,7-10,15-21,24-25,30H,1,6,11-14H2,(H,35,36)/t24?,25?,30-/m1/s1. The fraction of sp³-hybridized carbons (Fsp3) is 0.250. The number of pyridine rings is 1. The van der Waals surface area contributed by atoms with Crippen molar-refractivity contribution in [2.45, 2.75) is 44.1 Å². The van der Waals surface area contributed by atoms with Crippen LogP contribution in [0.3, 0.4) is 0 Å². The van der Waals surface area contributed by atoms with Crippen molar-refractivity contribution in [1.29, 1.82) is 0 Å². The zero-order valence-corrected chi connectivity index (χ0v) is 20.4. The summed E-state index contributed by atoms with van der Waals surface area (Å²) in [7, 11) is 0. The number of fused-ring (bicyclic) bond motifs is 1. The first-order chi connectivity index (χ1) is 17.6. The minimum atomic E-state index is -0.226. The van der Waals surface area contributed by atoms with E-state index in [2.05, 4.69) is 29.0 Å². The zero-order valence-electron chi connectivity index (χ0n) is 20.4. The maximum Gasteiger partial charge on any atom is 0.251 e. The van der Waals surface area contributed by atoms with Crippen LogP contribution in [0.4, 0.5) is 4.39 Å². The Hall–Kier alpha value is -3.79. The van der Waals surface area contributed by atoms with Gasteiger partial charge in [0.25, 0.3) is 5.91 Å². The van der Waals surface area contributed by atoms with Crippen molar-refractivity contribution in [2.24, 2.45) is 5.92 Å². The molecule has 0 bridgehead atoms. The van der Waals surface area contributed by atoms with Gasteiger partial charge in [-0.25, -0.2) is 4.39 Å². The Labute approximate surface area is 212 Å². The first-order valence-corrected chi connectivity index (χ1v) is 12.7. The number of nitrogens with zero attached hydrogens (tertiary/aromatic N) is 1. The monoisotopic (exact) mass is 478 g/mol. The van der Waals surface area contributed by atoms with Gasteiger partial charge in [-0.15, -0.1) is 6.58 Å². The lowest BCUT2D eigenvalue weighted by molar-refractivity contribution is 0.0912. The summed E-state index contributed by atoms with van der Waals surface area (Å²) in [5.74, 6) is 0.492. The first-order valence-electron chi connectivity index (χ1n) is 12.7. The summed E-state index contributed by atoms with van der Waals surface area (Å²) in [6, 6.07) is 24.9. The molecular formula is C32H31FN2O. The average Bonchev–Trinajstić information content (AvgIpc) is 2.93. The number of carbonyl (C=O) groups is 1. The molecule has 1 aromatic heterocycles. The van der Waals surface area contributed by atoms with Crippen molar-refractivity contribution in [3.05, 3.63) is 115 Å². The van der Waals surface area contributed by atoms with E-state index in [1.807, 2.05) is 60.8 Å². The number of hydrogen-bond donors (Lipinski definition) is 1. The van der Waals surface area contributed by atoms with Crippen LogP contribution < -0.4 is 5.32 Å². The van der Waals surface area contributed by atoms with E-state index in [1.165, 1.54) is 11.6 Å². The third-order valence-electron chi connectivity index (χ3n) is 7.51. The smallest absolute Gasteiger partial charge is 0.251 e. The maximum atomic E-state index is 13.9. The lowest BCUT2D eigenvalue weighted by Gasteiger charge is -2.34. The minimum absolute atomic E-state index is 0.0424. The fourth-order valence-corrected chi connectivity index (χ4v) is 5.57. The molecule has 3 aromatic carbocycles. The summed E-state index contributed by atoms with van der Waals surface area (Å²) in [5, 5.41) is 4.20. The third kappa shape index (κ3) is 5.23. The Morgan fingerprint density at radius 3 is 2.42 bits per heavy atom. The van der Waals surface area contributed by atoms with Gasteiger partial charge in [0, 0.05) is 23.2 Å². The Morgan fingerprint density at radius 2 is 1.69 bits per heavy atom. The van der Waals surface area contributed by atoms with Gasteiger partial charge in [0.05, 0.1) is 5.52 Å². The van der Waals surface area contributed by atoms with E-state index in [9.17, 15) is 9.18 Å². The third-order valence-corrected chi connectivity index (χ3v) is 7.51. The van der Waals surface area contributed by atoms with E-state index in [4.69, 9.17) is 0 Å². The highest BCUT2D eigenvalue weighted by molar-refractivity contribution is 5.95. The van der Waals surface area contributed by atoms with E-state index in [-0.39, 0.29) is 17.8 Å². The molecule has 36 heavy (non-hydrogen) atoms. The molecule has 1 aliphatic carbocycles. The van der Waals surface area contributed by atoms with Crippen LogP contribution in [0.1, 0.15) is 53.9 Å². The summed E-state index contributed by atoms with van der Waals surface area (Å²) in [4.78, 5) is 17.5. The fourth-order valence-electron chi connectivity index (χ4n) is 5.57. The van der Waals surface area contributed by atoms with Crippen LogP contribution in [0.2, 0.25) is 0 Å². The van der Waals surface area contributed by atoms with Crippen molar-refractivity contribution in [1.82, 2.24) is 10.3 Å². The molecule has 0 spiro atoms. The van der Waals surface area contributed by atoms with Gasteiger partial charge in [-0.2, -0.15) is 0 Å². The highest BCUT2D eigenvalue weighted by Gasteiger charge is 2.29. The van der Waals surface area contributed by atoms with Crippen LogP contribution in [0.15, 0.2) is 97.7 Å². The Morgan fingerprint density at radius 1 is 0.972 bits per heavy atom. The van der Waals surface area contributed by atoms with Crippen LogP contribution >= 0.6 is 0 Å². The Kier molecular flexibility index (Phi) is 7.22. The number of hydrogen-bond acceptors (Lipinski definition) is 2. The summed E-state index contributed by atoms with van der Waals surface area (Å²) >= 11 is 0. The second-order valence-corrected chi connectivity index (χ2v) is 9.72. The number of nitrogens with one attached hydrogen (secondary N) is 1. The molecule has 0 radical (unpaired) electrons. The van der Waals surface area contributed by atoms with E-state index in [0.29, 0.717) is 17.4 Å². The van der Waals surface area contributed by atoms with Crippen molar-refractivity contribution in [3.63, 3.8) is 0 Å². The van der Waals surface area contributed by atoms with Gasteiger partial charge in [0.1, 0.15) is 5.82 Å².